The largest absolute Gasteiger partial charge is 0.472 e. The number of hydrogen-bond acceptors (Lipinski definition) is 5. The Morgan fingerprint density at radius 1 is 1.14 bits per heavy atom. The standard InChI is InChI=1S/C20H25N3O5S/c1-29(26,27)23-11-5-10-22(20(25)17-8-13-28-15-17)12-9-21-19(24)14-18(23)16-6-3-2-4-7-16/h2-4,6-8,13,15,18H,5,9-12,14H2,1H3,(H,21,24). The first kappa shape index (κ1) is 21.1. The third-order valence-electron chi connectivity index (χ3n) is 4.90. The number of nitrogens with one attached hydrogen (secondary N) is 1. The molecule has 0 radical (unpaired) electrons. The number of carbonyl (C=O) groups is 2. The predicted octanol–water partition coefficient (Wildman–Crippen LogP) is 1.63. The average Bonchev–Trinajstić information content (AvgIpc) is 3.21. The van der Waals surface area contributed by atoms with Crippen molar-refractivity contribution >= 4 is 21.8 Å². The van der Waals surface area contributed by atoms with Gasteiger partial charge in [0.05, 0.1) is 24.1 Å². The molecule has 2 amide bonds. The highest BCUT2D eigenvalue weighted by Gasteiger charge is 2.30. The molecule has 1 aliphatic rings. The van der Waals surface area contributed by atoms with E-state index in [2.05, 4.69) is 5.32 Å². The molecule has 3 rings (SSSR count). The van der Waals surface area contributed by atoms with Crippen LogP contribution in [0.2, 0.25) is 0 Å². The van der Waals surface area contributed by atoms with Crippen molar-refractivity contribution in [3.63, 3.8) is 0 Å². The van der Waals surface area contributed by atoms with E-state index in [0.717, 1.165) is 11.8 Å². The number of hydrogen-bond donors (Lipinski definition) is 1. The smallest absolute Gasteiger partial charge is 0.257 e. The van der Waals surface area contributed by atoms with Gasteiger partial charge < -0.3 is 14.6 Å². The number of nitrogens with zero attached hydrogens (tertiary/aromatic N) is 2. The molecule has 1 N–H and O–H groups in total. The van der Waals surface area contributed by atoms with E-state index >= 15 is 0 Å². The van der Waals surface area contributed by atoms with Crippen LogP contribution in [0.3, 0.4) is 0 Å². The summed E-state index contributed by atoms with van der Waals surface area (Å²) in [6.07, 6.45) is 4.42. The zero-order valence-electron chi connectivity index (χ0n) is 16.3. The molecule has 0 saturated carbocycles. The van der Waals surface area contributed by atoms with Gasteiger partial charge in [-0.3, -0.25) is 9.59 Å². The fraction of sp³-hybridized carbons (Fsp3) is 0.400. The van der Waals surface area contributed by atoms with Gasteiger partial charge in [-0.05, 0) is 18.1 Å². The van der Waals surface area contributed by atoms with Crippen molar-refractivity contribution in [1.82, 2.24) is 14.5 Å². The normalized spacial score (nSPS) is 20.0. The molecular formula is C20H25N3O5S. The highest BCUT2D eigenvalue weighted by Crippen LogP contribution is 2.27. The van der Waals surface area contributed by atoms with E-state index in [1.54, 1.807) is 11.0 Å². The van der Waals surface area contributed by atoms with E-state index in [1.807, 2.05) is 30.3 Å². The van der Waals surface area contributed by atoms with Crippen LogP contribution < -0.4 is 5.32 Å². The van der Waals surface area contributed by atoms with Gasteiger partial charge in [0.1, 0.15) is 6.26 Å². The zero-order chi connectivity index (χ0) is 20.9. The minimum Gasteiger partial charge on any atom is -0.472 e. The van der Waals surface area contributed by atoms with Crippen LogP contribution in [-0.2, 0) is 14.8 Å². The van der Waals surface area contributed by atoms with E-state index in [4.69, 9.17) is 4.42 Å². The Morgan fingerprint density at radius 3 is 2.55 bits per heavy atom. The van der Waals surface area contributed by atoms with Crippen molar-refractivity contribution in [1.29, 1.82) is 0 Å². The lowest BCUT2D eigenvalue weighted by molar-refractivity contribution is -0.122. The Kier molecular flexibility index (Phi) is 6.71. The van der Waals surface area contributed by atoms with Crippen LogP contribution in [0.5, 0.6) is 0 Å². The second-order valence-electron chi connectivity index (χ2n) is 7.01. The first-order chi connectivity index (χ1) is 13.9. The van der Waals surface area contributed by atoms with Crippen LogP contribution in [-0.4, -0.2) is 61.9 Å². The Labute approximate surface area is 170 Å². The van der Waals surface area contributed by atoms with Gasteiger partial charge in [-0.2, -0.15) is 4.31 Å². The van der Waals surface area contributed by atoms with Crippen LogP contribution in [0.4, 0.5) is 0 Å². The Bertz CT molecular complexity index is 928. The van der Waals surface area contributed by atoms with Crippen LogP contribution in [0.1, 0.15) is 34.8 Å². The van der Waals surface area contributed by atoms with Crippen molar-refractivity contribution in [3.8, 4) is 0 Å². The summed E-state index contributed by atoms with van der Waals surface area (Å²) >= 11 is 0. The predicted molar refractivity (Wildman–Crippen MR) is 108 cm³/mol. The second-order valence-corrected chi connectivity index (χ2v) is 8.95. The molecule has 1 unspecified atom stereocenters. The lowest BCUT2D eigenvalue weighted by Crippen LogP contribution is -2.39. The maximum atomic E-state index is 12.7. The van der Waals surface area contributed by atoms with Crippen LogP contribution in [0, 0.1) is 0 Å². The maximum absolute atomic E-state index is 12.7. The molecule has 2 heterocycles. The molecule has 29 heavy (non-hydrogen) atoms. The minimum absolute atomic E-state index is 0.0206. The van der Waals surface area contributed by atoms with Crippen LogP contribution in [0.25, 0.3) is 0 Å². The van der Waals surface area contributed by atoms with Crippen LogP contribution >= 0.6 is 0 Å². The lowest BCUT2D eigenvalue weighted by Gasteiger charge is -2.30. The molecule has 1 fully saturated rings. The molecule has 156 valence electrons. The number of sulfonamides is 1. The maximum Gasteiger partial charge on any atom is 0.257 e. The Balaban J connectivity index is 1.86. The van der Waals surface area contributed by atoms with E-state index in [9.17, 15) is 18.0 Å². The number of carbonyl (C=O) groups excluding carboxylic acids is 2. The van der Waals surface area contributed by atoms with Gasteiger partial charge in [-0.15, -0.1) is 0 Å². The molecule has 0 aliphatic carbocycles. The monoisotopic (exact) mass is 419 g/mol. The van der Waals surface area contributed by atoms with Crippen molar-refractivity contribution in [2.75, 3.05) is 32.4 Å². The molecular weight excluding hydrogens is 394 g/mol. The molecule has 0 spiro atoms. The summed E-state index contributed by atoms with van der Waals surface area (Å²) < 4.78 is 31.4. The topological polar surface area (TPSA) is 99.9 Å². The van der Waals surface area contributed by atoms with Gasteiger partial charge in [0.25, 0.3) is 5.91 Å². The van der Waals surface area contributed by atoms with E-state index in [-0.39, 0.29) is 24.8 Å². The summed E-state index contributed by atoms with van der Waals surface area (Å²) in [5.74, 6) is -0.470. The first-order valence-electron chi connectivity index (χ1n) is 9.46. The summed E-state index contributed by atoms with van der Waals surface area (Å²) in [5.41, 5.74) is 1.19. The highest BCUT2D eigenvalue weighted by atomic mass is 32.2. The molecule has 1 aromatic carbocycles. The highest BCUT2D eigenvalue weighted by molar-refractivity contribution is 7.88. The van der Waals surface area contributed by atoms with Gasteiger partial charge in [-0.25, -0.2) is 8.42 Å². The molecule has 1 aliphatic heterocycles. The number of benzene rings is 1. The van der Waals surface area contributed by atoms with Gasteiger partial charge in [0.15, 0.2) is 0 Å². The Hall–Kier alpha value is -2.65. The van der Waals surface area contributed by atoms with Gasteiger partial charge in [0.2, 0.25) is 15.9 Å². The summed E-state index contributed by atoms with van der Waals surface area (Å²) in [7, 11) is -3.57. The third kappa shape index (κ3) is 5.45. The van der Waals surface area contributed by atoms with Crippen LogP contribution in [0.15, 0.2) is 53.3 Å². The summed E-state index contributed by atoms with van der Waals surface area (Å²) in [5, 5.41) is 2.80. The van der Waals surface area contributed by atoms with Crippen molar-refractivity contribution < 1.29 is 22.4 Å². The van der Waals surface area contributed by atoms with Crippen molar-refractivity contribution in [2.45, 2.75) is 18.9 Å². The van der Waals surface area contributed by atoms with E-state index in [1.165, 1.54) is 16.8 Å². The fourth-order valence-electron chi connectivity index (χ4n) is 3.49. The second kappa shape index (κ2) is 9.23. The minimum atomic E-state index is -3.57. The number of amides is 2. The first-order valence-corrected chi connectivity index (χ1v) is 11.3. The van der Waals surface area contributed by atoms with Gasteiger partial charge in [0, 0.05) is 32.6 Å². The molecule has 8 nitrogen and oxygen atoms in total. The third-order valence-corrected chi connectivity index (χ3v) is 6.19. The molecule has 9 heteroatoms. The summed E-state index contributed by atoms with van der Waals surface area (Å²) in [6, 6.07) is 10.1. The average molecular weight is 420 g/mol. The Morgan fingerprint density at radius 2 is 1.90 bits per heavy atom. The van der Waals surface area contributed by atoms with E-state index in [0.29, 0.717) is 31.6 Å². The van der Waals surface area contributed by atoms with Crippen molar-refractivity contribution in [2.24, 2.45) is 0 Å². The molecule has 0 bridgehead atoms. The van der Waals surface area contributed by atoms with Gasteiger partial charge >= 0.3 is 0 Å². The zero-order valence-corrected chi connectivity index (χ0v) is 17.1. The summed E-state index contributed by atoms with van der Waals surface area (Å²) in [4.78, 5) is 26.8. The number of furan rings is 1. The van der Waals surface area contributed by atoms with Gasteiger partial charge in [-0.1, -0.05) is 30.3 Å². The molecule has 1 saturated heterocycles. The quantitative estimate of drug-likeness (QED) is 0.815. The van der Waals surface area contributed by atoms with Crippen molar-refractivity contribution in [3.05, 3.63) is 60.1 Å². The molecule has 1 aromatic heterocycles. The fourth-order valence-corrected chi connectivity index (χ4v) is 4.61. The SMILES string of the molecule is CS(=O)(=O)N1CCCN(C(=O)c2ccoc2)CCNC(=O)CC1c1ccccc1. The number of rotatable bonds is 3. The van der Waals surface area contributed by atoms with E-state index < -0.39 is 16.1 Å². The lowest BCUT2D eigenvalue weighted by atomic mass is 10.0. The molecule has 1 atom stereocenters. The molecule has 2 aromatic rings. The summed E-state index contributed by atoms with van der Waals surface area (Å²) in [6.45, 7) is 1.21.